The number of allylic oxidation sites excluding steroid dienone is 2. The third kappa shape index (κ3) is 5.46. The zero-order valence-electron chi connectivity index (χ0n) is 18.6. The van der Waals surface area contributed by atoms with Gasteiger partial charge >= 0.3 is 18.0 Å². The molecule has 0 aliphatic carbocycles. The molecule has 174 valence electrons. The molecule has 0 unspecified atom stereocenters. The summed E-state index contributed by atoms with van der Waals surface area (Å²) in [5.74, 6) is -0.881. The molecule has 3 N–H and O–H groups in total. The number of urea groups is 1. The number of hydrogen-bond donors (Lipinski definition) is 3. The monoisotopic (exact) mass is 472 g/mol. The number of esters is 1. The van der Waals surface area contributed by atoms with Crippen LogP contribution in [0.3, 0.4) is 0 Å². The van der Waals surface area contributed by atoms with E-state index in [0.717, 1.165) is 11.1 Å². The lowest BCUT2D eigenvalue weighted by Crippen LogP contribution is -2.22. The molecule has 2 amide bonds. The van der Waals surface area contributed by atoms with Crippen LogP contribution >= 0.6 is 11.6 Å². The number of cyclic esters (lactones) is 1. The van der Waals surface area contributed by atoms with Gasteiger partial charge in [0.05, 0.1) is 29.1 Å². The van der Waals surface area contributed by atoms with Crippen molar-refractivity contribution in [1.29, 1.82) is 0 Å². The van der Waals surface area contributed by atoms with Crippen LogP contribution < -0.4 is 15.4 Å². The molecule has 0 fully saturated rings. The highest BCUT2D eigenvalue weighted by atomic mass is 35.5. The number of carbonyl (C=O) groups is 3. The van der Waals surface area contributed by atoms with E-state index in [1.807, 2.05) is 19.9 Å². The standard InChI is InChI=1S/C24H25ClN2O6/c1-13(9-11-19(28)29)8-10-15-21(27-24(31)26-18-7-5-4-6-17(18)25)20-16(12-33-23(20)30)14(2)22(15)32-3/h4-8H,9-12H2,1-3H3,(H,28,29)(H2,26,27,31)/b13-8+. The first-order chi connectivity index (χ1) is 15.7. The molecule has 0 atom stereocenters. The summed E-state index contributed by atoms with van der Waals surface area (Å²) in [7, 11) is 1.52. The number of anilines is 2. The zero-order valence-corrected chi connectivity index (χ0v) is 19.3. The molecule has 1 heterocycles. The number of fused-ring (bicyclic) bond motifs is 1. The molecular formula is C24H25ClN2O6. The van der Waals surface area contributed by atoms with Crippen LogP contribution in [0.15, 0.2) is 35.9 Å². The van der Waals surface area contributed by atoms with Crippen molar-refractivity contribution in [2.45, 2.75) is 39.7 Å². The van der Waals surface area contributed by atoms with Gasteiger partial charge in [-0.15, -0.1) is 0 Å². The SMILES string of the molecule is COc1c(C)c2c(c(NC(=O)Nc3ccccc3Cl)c1C/C=C(\C)CCC(=O)O)C(=O)OC2. The molecule has 1 aliphatic rings. The molecule has 0 saturated heterocycles. The van der Waals surface area contributed by atoms with Gasteiger partial charge in [-0.2, -0.15) is 0 Å². The highest BCUT2D eigenvalue weighted by molar-refractivity contribution is 6.33. The third-order valence-electron chi connectivity index (χ3n) is 5.43. The van der Waals surface area contributed by atoms with Crippen LogP contribution in [0.25, 0.3) is 0 Å². The Balaban J connectivity index is 2.01. The first kappa shape index (κ1) is 24.1. The molecule has 0 saturated carbocycles. The number of carboxylic acid groups (broad SMARTS) is 1. The van der Waals surface area contributed by atoms with Crippen molar-refractivity contribution in [1.82, 2.24) is 0 Å². The Morgan fingerprint density at radius 1 is 1.24 bits per heavy atom. The van der Waals surface area contributed by atoms with Crippen molar-refractivity contribution in [3.8, 4) is 5.75 Å². The van der Waals surface area contributed by atoms with Gasteiger partial charge in [0.15, 0.2) is 0 Å². The summed E-state index contributed by atoms with van der Waals surface area (Å²) in [6.45, 7) is 3.75. The number of carboxylic acids is 1. The van der Waals surface area contributed by atoms with E-state index in [9.17, 15) is 14.4 Å². The van der Waals surface area contributed by atoms with Crippen molar-refractivity contribution in [3.05, 3.63) is 63.2 Å². The van der Waals surface area contributed by atoms with Crippen LogP contribution in [-0.2, 0) is 22.6 Å². The average Bonchev–Trinajstić information content (AvgIpc) is 3.16. The lowest BCUT2D eigenvalue weighted by atomic mass is 9.93. The van der Waals surface area contributed by atoms with E-state index in [1.54, 1.807) is 24.3 Å². The van der Waals surface area contributed by atoms with E-state index >= 15 is 0 Å². The number of para-hydroxylation sites is 1. The topological polar surface area (TPSA) is 114 Å². The molecule has 0 radical (unpaired) electrons. The third-order valence-corrected chi connectivity index (χ3v) is 5.75. The maximum atomic E-state index is 12.8. The summed E-state index contributed by atoms with van der Waals surface area (Å²) in [5.41, 5.74) is 3.86. The second-order valence-electron chi connectivity index (χ2n) is 7.65. The molecular weight excluding hydrogens is 448 g/mol. The van der Waals surface area contributed by atoms with Crippen molar-refractivity contribution < 1.29 is 29.0 Å². The average molecular weight is 473 g/mol. The van der Waals surface area contributed by atoms with Gasteiger partial charge in [-0.1, -0.05) is 35.4 Å². The molecule has 0 spiro atoms. The minimum Gasteiger partial charge on any atom is -0.496 e. The molecule has 1 aliphatic heterocycles. The van der Waals surface area contributed by atoms with E-state index in [4.69, 9.17) is 26.2 Å². The number of benzene rings is 2. The van der Waals surface area contributed by atoms with E-state index in [2.05, 4.69) is 10.6 Å². The molecule has 33 heavy (non-hydrogen) atoms. The first-order valence-corrected chi connectivity index (χ1v) is 10.7. The minimum absolute atomic E-state index is 0.0142. The van der Waals surface area contributed by atoms with Gasteiger partial charge in [0.25, 0.3) is 0 Å². The second-order valence-corrected chi connectivity index (χ2v) is 8.06. The highest BCUT2D eigenvalue weighted by Gasteiger charge is 2.32. The normalized spacial score (nSPS) is 12.7. The summed E-state index contributed by atoms with van der Waals surface area (Å²) >= 11 is 6.14. The summed E-state index contributed by atoms with van der Waals surface area (Å²) in [4.78, 5) is 36.3. The Bertz CT molecular complexity index is 1140. The van der Waals surface area contributed by atoms with Crippen molar-refractivity contribution in [3.63, 3.8) is 0 Å². The number of nitrogens with one attached hydrogen (secondary N) is 2. The van der Waals surface area contributed by atoms with Gasteiger partial charge in [0.1, 0.15) is 12.4 Å². The van der Waals surface area contributed by atoms with Crippen LogP contribution in [0.4, 0.5) is 16.2 Å². The van der Waals surface area contributed by atoms with Crippen LogP contribution in [0.2, 0.25) is 5.02 Å². The Labute approximate surface area is 196 Å². The largest absolute Gasteiger partial charge is 0.496 e. The number of methoxy groups -OCH3 is 1. The first-order valence-electron chi connectivity index (χ1n) is 10.3. The number of aliphatic carboxylic acids is 1. The maximum absolute atomic E-state index is 12.8. The maximum Gasteiger partial charge on any atom is 0.341 e. The van der Waals surface area contributed by atoms with Gasteiger partial charge in [-0.05, 0) is 44.4 Å². The molecule has 9 heteroatoms. The quantitative estimate of drug-likeness (QED) is 0.353. The van der Waals surface area contributed by atoms with Gasteiger partial charge in [-0.25, -0.2) is 9.59 Å². The predicted molar refractivity (Wildman–Crippen MR) is 125 cm³/mol. The Kier molecular flexibility index (Phi) is 7.60. The van der Waals surface area contributed by atoms with Crippen molar-refractivity contribution in [2.75, 3.05) is 17.7 Å². The zero-order chi connectivity index (χ0) is 24.1. The van der Waals surface area contributed by atoms with Gasteiger partial charge in [-0.3, -0.25) is 4.79 Å². The van der Waals surface area contributed by atoms with Crippen LogP contribution in [0.1, 0.15) is 46.8 Å². The Hall–Kier alpha value is -3.52. The van der Waals surface area contributed by atoms with E-state index in [-0.39, 0.29) is 18.6 Å². The minimum atomic E-state index is -0.880. The molecule has 0 bridgehead atoms. The van der Waals surface area contributed by atoms with Gasteiger partial charge < -0.3 is 25.2 Å². The van der Waals surface area contributed by atoms with Crippen LogP contribution in [-0.4, -0.2) is 30.2 Å². The molecule has 3 rings (SSSR count). The fourth-order valence-electron chi connectivity index (χ4n) is 3.70. The summed E-state index contributed by atoms with van der Waals surface area (Å²) in [6, 6.07) is 6.21. The molecule has 2 aromatic carbocycles. The van der Waals surface area contributed by atoms with E-state index < -0.39 is 18.0 Å². The summed E-state index contributed by atoms with van der Waals surface area (Å²) in [6.07, 6.45) is 2.58. The molecule has 0 aromatic heterocycles. The molecule has 8 nitrogen and oxygen atoms in total. The Morgan fingerprint density at radius 3 is 2.64 bits per heavy atom. The van der Waals surface area contributed by atoms with Crippen LogP contribution in [0.5, 0.6) is 5.75 Å². The highest BCUT2D eigenvalue weighted by Crippen LogP contribution is 2.41. The lowest BCUT2D eigenvalue weighted by molar-refractivity contribution is -0.136. The van der Waals surface area contributed by atoms with E-state index in [1.165, 1.54) is 7.11 Å². The smallest absolute Gasteiger partial charge is 0.341 e. The number of hydrogen-bond acceptors (Lipinski definition) is 5. The predicted octanol–water partition coefficient (Wildman–Crippen LogP) is 5.33. The van der Waals surface area contributed by atoms with E-state index in [0.29, 0.717) is 46.1 Å². The summed E-state index contributed by atoms with van der Waals surface area (Å²) < 4.78 is 10.9. The van der Waals surface area contributed by atoms with Gasteiger partial charge in [0.2, 0.25) is 0 Å². The number of amides is 2. The Morgan fingerprint density at radius 2 is 1.97 bits per heavy atom. The summed E-state index contributed by atoms with van der Waals surface area (Å²) in [5, 5.41) is 14.8. The number of rotatable bonds is 8. The van der Waals surface area contributed by atoms with Crippen molar-refractivity contribution >= 4 is 40.9 Å². The molecule has 2 aromatic rings. The van der Waals surface area contributed by atoms with Gasteiger partial charge in [0, 0.05) is 17.5 Å². The number of halogens is 1. The second kappa shape index (κ2) is 10.4. The number of carbonyl (C=O) groups excluding carboxylic acids is 2. The lowest BCUT2D eigenvalue weighted by Gasteiger charge is -2.20. The number of ether oxygens (including phenoxy) is 2. The van der Waals surface area contributed by atoms with Crippen LogP contribution in [0, 0.1) is 6.92 Å². The fourth-order valence-corrected chi connectivity index (χ4v) is 3.89. The van der Waals surface area contributed by atoms with Crippen molar-refractivity contribution in [2.24, 2.45) is 0 Å². The fraction of sp³-hybridized carbons (Fsp3) is 0.292.